The Labute approximate surface area is 103 Å². The lowest BCUT2D eigenvalue weighted by Crippen LogP contribution is -2.22. The van der Waals surface area contributed by atoms with Gasteiger partial charge in [-0.05, 0) is 17.7 Å². The highest BCUT2D eigenvalue weighted by molar-refractivity contribution is 9.11. The van der Waals surface area contributed by atoms with Crippen LogP contribution < -0.4 is 5.32 Å². The Balaban J connectivity index is 2.43. The first-order valence-corrected chi connectivity index (χ1v) is 5.74. The van der Waals surface area contributed by atoms with Crippen molar-refractivity contribution in [2.75, 3.05) is 13.1 Å². The third-order valence-corrected chi connectivity index (χ3v) is 2.44. The Morgan fingerprint density at radius 3 is 2.60 bits per heavy atom. The van der Waals surface area contributed by atoms with Crippen LogP contribution in [0.3, 0.4) is 0 Å². The number of halogens is 2. The minimum absolute atomic E-state index is 0.492. The summed E-state index contributed by atoms with van der Waals surface area (Å²) >= 11 is 8.98. The maximum Gasteiger partial charge on any atom is 0.0914 e. The molecule has 0 saturated carbocycles. The van der Waals surface area contributed by atoms with Crippen LogP contribution in [0, 0.1) is 0 Å². The number of aliphatic hydroxyl groups is 1. The second kappa shape index (κ2) is 6.28. The quantitative estimate of drug-likeness (QED) is 0.874. The Morgan fingerprint density at radius 1 is 1.47 bits per heavy atom. The molecule has 0 aromatic heterocycles. The number of hydrogen-bond acceptors (Lipinski definition) is 2. The van der Waals surface area contributed by atoms with Crippen molar-refractivity contribution in [3.05, 3.63) is 45.9 Å². The molecule has 82 valence electrons. The molecular weight excluding hydrogens is 277 g/mol. The van der Waals surface area contributed by atoms with Crippen molar-refractivity contribution >= 4 is 27.5 Å². The zero-order valence-electron chi connectivity index (χ0n) is 8.21. The van der Waals surface area contributed by atoms with E-state index in [1.807, 2.05) is 12.1 Å². The molecule has 0 aliphatic heterocycles. The van der Waals surface area contributed by atoms with Gasteiger partial charge in [-0.25, -0.2) is 0 Å². The Kier molecular flexibility index (Phi) is 5.32. The molecule has 0 spiro atoms. The SMILES string of the molecule is C=C(Br)CNCC(O)c1ccc(Cl)cc1. The Morgan fingerprint density at radius 2 is 2.07 bits per heavy atom. The number of hydrogen-bond donors (Lipinski definition) is 2. The van der Waals surface area contributed by atoms with Crippen LogP contribution in [0.1, 0.15) is 11.7 Å². The van der Waals surface area contributed by atoms with Gasteiger partial charge >= 0.3 is 0 Å². The van der Waals surface area contributed by atoms with E-state index in [0.29, 0.717) is 18.1 Å². The van der Waals surface area contributed by atoms with Crippen molar-refractivity contribution < 1.29 is 5.11 Å². The Bertz CT molecular complexity index is 326. The molecule has 1 aromatic rings. The van der Waals surface area contributed by atoms with Crippen LogP contribution >= 0.6 is 27.5 Å². The second-order valence-electron chi connectivity index (χ2n) is 3.22. The van der Waals surface area contributed by atoms with E-state index < -0.39 is 6.10 Å². The van der Waals surface area contributed by atoms with E-state index in [1.165, 1.54) is 0 Å². The lowest BCUT2D eigenvalue weighted by molar-refractivity contribution is 0.176. The van der Waals surface area contributed by atoms with Crippen molar-refractivity contribution in [3.63, 3.8) is 0 Å². The molecule has 0 saturated heterocycles. The largest absolute Gasteiger partial charge is 0.387 e. The van der Waals surface area contributed by atoms with Gasteiger partial charge in [0.15, 0.2) is 0 Å². The number of aliphatic hydroxyl groups excluding tert-OH is 1. The molecule has 0 amide bonds. The van der Waals surface area contributed by atoms with Gasteiger partial charge in [0, 0.05) is 22.6 Å². The Hall–Kier alpha value is -0.350. The summed E-state index contributed by atoms with van der Waals surface area (Å²) < 4.78 is 0.866. The molecular formula is C11H13BrClNO. The van der Waals surface area contributed by atoms with Crippen LogP contribution in [0.4, 0.5) is 0 Å². The maximum atomic E-state index is 9.77. The van der Waals surface area contributed by atoms with Crippen molar-refractivity contribution in [1.82, 2.24) is 5.32 Å². The molecule has 15 heavy (non-hydrogen) atoms. The highest BCUT2D eigenvalue weighted by Gasteiger charge is 2.06. The van der Waals surface area contributed by atoms with Crippen LogP contribution in [0.2, 0.25) is 5.02 Å². The molecule has 1 rings (SSSR count). The molecule has 2 N–H and O–H groups in total. The number of benzene rings is 1. The van der Waals surface area contributed by atoms with Crippen LogP contribution in [-0.4, -0.2) is 18.2 Å². The number of rotatable bonds is 5. The minimum Gasteiger partial charge on any atom is -0.387 e. The summed E-state index contributed by atoms with van der Waals surface area (Å²) in [5.74, 6) is 0. The molecule has 1 aromatic carbocycles. The average molecular weight is 291 g/mol. The molecule has 1 unspecified atom stereocenters. The van der Waals surface area contributed by atoms with Crippen molar-refractivity contribution in [2.24, 2.45) is 0 Å². The summed E-state index contributed by atoms with van der Waals surface area (Å²) in [4.78, 5) is 0. The van der Waals surface area contributed by atoms with Gasteiger partial charge in [0.2, 0.25) is 0 Å². The van der Waals surface area contributed by atoms with Crippen LogP contribution in [0.5, 0.6) is 0 Å². The zero-order valence-corrected chi connectivity index (χ0v) is 10.6. The van der Waals surface area contributed by atoms with Gasteiger partial charge in [-0.15, -0.1) is 0 Å². The maximum absolute atomic E-state index is 9.77. The molecule has 0 radical (unpaired) electrons. The molecule has 0 fully saturated rings. The monoisotopic (exact) mass is 289 g/mol. The van der Waals surface area contributed by atoms with Gasteiger partial charge < -0.3 is 10.4 Å². The van der Waals surface area contributed by atoms with Crippen molar-refractivity contribution in [3.8, 4) is 0 Å². The molecule has 0 aliphatic carbocycles. The minimum atomic E-state index is -0.519. The second-order valence-corrected chi connectivity index (χ2v) is 4.77. The van der Waals surface area contributed by atoms with E-state index in [9.17, 15) is 5.11 Å². The third kappa shape index (κ3) is 4.80. The predicted molar refractivity (Wildman–Crippen MR) is 67.3 cm³/mol. The fraction of sp³-hybridized carbons (Fsp3) is 0.273. The summed E-state index contributed by atoms with van der Waals surface area (Å²) in [5, 5.41) is 13.5. The van der Waals surface area contributed by atoms with E-state index in [2.05, 4.69) is 27.8 Å². The van der Waals surface area contributed by atoms with Gasteiger partial charge in [-0.1, -0.05) is 46.2 Å². The lowest BCUT2D eigenvalue weighted by atomic mass is 10.1. The molecule has 0 bridgehead atoms. The van der Waals surface area contributed by atoms with Crippen LogP contribution in [0.25, 0.3) is 0 Å². The highest BCUT2D eigenvalue weighted by Crippen LogP contribution is 2.15. The van der Waals surface area contributed by atoms with E-state index in [4.69, 9.17) is 11.6 Å². The smallest absolute Gasteiger partial charge is 0.0914 e. The van der Waals surface area contributed by atoms with E-state index in [0.717, 1.165) is 10.0 Å². The van der Waals surface area contributed by atoms with Gasteiger partial charge in [0.25, 0.3) is 0 Å². The first kappa shape index (κ1) is 12.7. The van der Waals surface area contributed by atoms with Crippen LogP contribution in [0.15, 0.2) is 35.3 Å². The summed E-state index contributed by atoms with van der Waals surface area (Å²) in [5.41, 5.74) is 0.854. The summed E-state index contributed by atoms with van der Waals surface area (Å²) in [6.07, 6.45) is -0.519. The normalized spacial score (nSPS) is 12.5. The van der Waals surface area contributed by atoms with Crippen molar-refractivity contribution in [1.29, 1.82) is 0 Å². The van der Waals surface area contributed by atoms with Gasteiger partial charge in [0.1, 0.15) is 0 Å². The first-order valence-electron chi connectivity index (χ1n) is 4.57. The fourth-order valence-corrected chi connectivity index (χ4v) is 1.47. The lowest BCUT2D eigenvalue weighted by Gasteiger charge is -2.11. The topological polar surface area (TPSA) is 32.3 Å². The molecule has 0 heterocycles. The van der Waals surface area contributed by atoms with Crippen LogP contribution in [-0.2, 0) is 0 Å². The first-order chi connectivity index (χ1) is 7.09. The molecule has 0 aliphatic rings. The summed E-state index contributed by atoms with van der Waals surface area (Å²) in [6, 6.07) is 7.17. The standard InChI is InChI=1S/C11H13BrClNO/c1-8(12)6-14-7-11(15)9-2-4-10(13)5-3-9/h2-5,11,14-15H,1,6-7H2. The van der Waals surface area contributed by atoms with Crippen molar-refractivity contribution in [2.45, 2.75) is 6.10 Å². The van der Waals surface area contributed by atoms with Gasteiger partial charge in [0.05, 0.1) is 6.10 Å². The third-order valence-electron chi connectivity index (χ3n) is 1.91. The fourth-order valence-electron chi connectivity index (χ4n) is 1.15. The molecule has 4 heteroatoms. The summed E-state index contributed by atoms with van der Waals surface area (Å²) in [6.45, 7) is 4.83. The van der Waals surface area contributed by atoms with E-state index in [-0.39, 0.29) is 0 Å². The van der Waals surface area contributed by atoms with Gasteiger partial charge in [-0.3, -0.25) is 0 Å². The zero-order chi connectivity index (χ0) is 11.3. The highest BCUT2D eigenvalue weighted by atomic mass is 79.9. The molecule has 2 nitrogen and oxygen atoms in total. The predicted octanol–water partition coefficient (Wildman–Crippen LogP) is 2.87. The number of nitrogens with one attached hydrogen (secondary N) is 1. The molecule has 1 atom stereocenters. The van der Waals surface area contributed by atoms with Gasteiger partial charge in [-0.2, -0.15) is 0 Å². The van der Waals surface area contributed by atoms with E-state index in [1.54, 1.807) is 12.1 Å². The average Bonchev–Trinajstić information content (AvgIpc) is 2.18. The van der Waals surface area contributed by atoms with E-state index >= 15 is 0 Å². The summed E-state index contributed by atoms with van der Waals surface area (Å²) in [7, 11) is 0.